The predicted octanol–water partition coefficient (Wildman–Crippen LogP) is 5.71. The van der Waals surface area contributed by atoms with E-state index in [0.29, 0.717) is 35.3 Å². The highest BCUT2D eigenvalue weighted by Gasteiger charge is 2.33. The largest absolute Gasteiger partial charge is 0.417 e. The Balaban J connectivity index is 1.37. The Morgan fingerprint density at radius 2 is 1.70 bits per heavy atom. The number of aryl methyl sites for hydroxylation is 1. The lowest BCUT2D eigenvalue weighted by molar-refractivity contribution is -0.137. The third-order valence-electron chi connectivity index (χ3n) is 6.77. The van der Waals surface area contributed by atoms with Gasteiger partial charge >= 0.3 is 12.2 Å². The van der Waals surface area contributed by atoms with E-state index in [4.69, 9.17) is 4.42 Å². The summed E-state index contributed by atoms with van der Waals surface area (Å²) in [4.78, 5) is 30.2. The quantitative estimate of drug-likeness (QED) is 0.251. The van der Waals surface area contributed by atoms with Gasteiger partial charge in [0.2, 0.25) is 0 Å². The maximum absolute atomic E-state index is 14.8. The molecule has 13 heteroatoms. The molecule has 9 nitrogen and oxygen atoms in total. The van der Waals surface area contributed by atoms with Crippen molar-refractivity contribution in [1.82, 2.24) is 25.1 Å². The molecule has 0 bridgehead atoms. The maximum atomic E-state index is 14.8. The minimum atomic E-state index is -4.66. The molecule has 1 aliphatic rings. The van der Waals surface area contributed by atoms with Gasteiger partial charge in [0, 0.05) is 59.2 Å². The van der Waals surface area contributed by atoms with Crippen molar-refractivity contribution in [3.63, 3.8) is 0 Å². The number of rotatable bonds is 6. The smallest absolute Gasteiger partial charge is 0.402 e. The van der Waals surface area contributed by atoms with Gasteiger partial charge < -0.3 is 9.73 Å². The van der Waals surface area contributed by atoms with Crippen LogP contribution in [-0.2, 0) is 23.8 Å². The first-order valence-corrected chi connectivity index (χ1v) is 13.1. The number of pyridine rings is 1. The molecule has 0 fully saturated rings. The second-order valence-corrected chi connectivity index (χ2v) is 9.57. The highest BCUT2D eigenvalue weighted by Crippen LogP contribution is 2.36. The molecule has 43 heavy (non-hydrogen) atoms. The zero-order valence-corrected chi connectivity index (χ0v) is 22.4. The Hall–Kier alpha value is -5.33. The number of anilines is 1. The Morgan fingerprint density at radius 3 is 2.42 bits per heavy atom. The van der Waals surface area contributed by atoms with Crippen LogP contribution in [0.15, 0.2) is 82.6 Å². The molecule has 0 spiro atoms. The first kappa shape index (κ1) is 27.8. The normalized spacial score (nSPS) is 15.0. The van der Waals surface area contributed by atoms with Gasteiger partial charge in [-0.15, -0.1) is 5.10 Å². The number of carbonyl (C=O) groups is 1. The third kappa shape index (κ3) is 5.61. The number of halogens is 4. The molecule has 4 heterocycles. The van der Waals surface area contributed by atoms with Gasteiger partial charge in [0.15, 0.2) is 11.9 Å². The maximum Gasteiger partial charge on any atom is 0.417 e. The van der Waals surface area contributed by atoms with Gasteiger partial charge in [-0.05, 0) is 12.1 Å². The Kier molecular flexibility index (Phi) is 7.22. The number of aliphatic imine (C=N–C) groups is 1. The fourth-order valence-electron chi connectivity index (χ4n) is 4.62. The SMILES string of the molecule is CCc1ncc(-c2cc(C(F)(F)F)cnc2-c2nnc(N[C@H]3N=C(c4ccccc4)c4cccc(F)c4CC3=O)o2)cn1. The van der Waals surface area contributed by atoms with Crippen LogP contribution in [0.4, 0.5) is 23.6 Å². The lowest BCUT2D eigenvalue weighted by Crippen LogP contribution is -2.29. The van der Waals surface area contributed by atoms with Crippen LogP contribution in [0.2, 0.25) is 0 Å². The lowest BCUT2D eigenvalue weighted by atomic mass is 9.95. The fourth-order valence-corrected chi connectivity index (χ4v) is 4.62. The first-order chi connectivity index (χ1) is 20.7. The number of nitrogens with zero attached hydrogens (tertiary/aromatic N) is 6. The van der Waals surface area contributed by atoms with Crippen molar-refractivity contribution in [3.8, 4) is 22.7 Å². The van der Waals surface area contributed by atoms with Crippen molar-refractivity contribution in [3.05, 3.63) is 107 Å². The lowest BCUT2D eigenvalue weighted by Gasteiger charge is -2.12. The molecular weight excluding hydrogens is 566 g/mol. The molecule has 1 atom stereocenters. The van der Waals surface area contributed by atoms with Crippen LogP contribution in [0.5, 0.6) is 0 Å². The standard InChI is InChI=1S/C30H21F4N7O2/c1-2-24-35-13-17(14-36-24)20-11-18(30(32,33)34)15-37-26(20)28-40-41-29(43-28)39-27-23(42)12-21-19(9-6-10-22(21)31)25(38-27)16-7-4-3-5-8-16/h3-11,13-15,27H,2,12H2,1H3,(H,39,41)/t27-/m1/s1. The summed E-state index contributed by atoms with van der Waals surface area (Å²) in [5.41, 5.74) is 0.990. The zero-order valence-electron chi connectivity index (χ0n) is 22.4. The number of nitrogens with one attached hydrogen (secondary N) is 1. The highest BCUT2D eigenvalue weighted by atomic mass is 19.4. The number of fused-ring (bicyclic) bond motifs is 1. The van der Waals surface area contributed by atoms with Gasteiger partial charge in [-0.1, -0.05) is 54.5 Å². The van der Waals surface area contributed by atoms with Crippen LogP contribution in [0.1, 0.15) is 35.0 Å². The summed E-state index contributed by atoms with van der Waals surface area (Å²) in [6.07, 6.45) is -2.15. The van der Waals surface area contributed by atoms with Gasteiger partial charge in [-0.2, -0.15) is 13.2 Å². The summed E-state index contributed by atoms with van der Waals surface area (Å²) in [7, 11) is 0. The Bertz CT molecular complexity index is 1840. The summed E-state index contributed by atoms with van der Waals surface area (Å²) in [6, 6.07) is 14.2. The van der Waals surface area contributed by atoms with Crippen molar-refractivity contribution in [1.29, 1.82) is 0 Å². The summed E-state index contributed by atoms with van der Waals surface area (Å²) >= 11 is 0. The van der Waals surface area contributed by atoms with E-state index in [2.05, 4.69) is 35.5 Å². The van der Waals surface area contributed by atoms with E-state index in [0.717, 1.165) is 6.07 Å². The first-order valence-electron chi connectivity index (χ1n) is 13.1. The van der Waals surface area contributed by atoms with E-state index in [1.165, 1.54) is 18.5 Å². The van der Waals surface area contributed by atoms with Crippen molar-refractivity contribution in [2.45, 2.75) is 32.1 Å². The number of alkyl halides is 3. The number of hydrogen-bond acceptors (Lipinski definition) is 9. The topological polar surface area (TPSA) is 119 Å². The molecule has 6 rings (SSSR count). The van der Waals surface area contributed by atoms with Crippen molar-refractivity contribution < 1.29 is 26.8 Å². The molecule has 0 unspecified atom stereocenters. The van der Waals surface area contributed by atoms with Crippen LogP contribution in [0.3, 0.4) is 0 Å². The van der Waals surface area contributed by atoms with E-state index in [1.54, 1.807) is 36.4 Å². The minimum Gasteiger partial charge on any atom is -0.402 e. The molecule has 1 N–H and O–H groups in total. The molecule has 0 saturated heterocycles. The average Bonchev–Trinajstić information content (AvgIpc) is 3.42. The number of benzene rings is 2. The van der Waals surface area contributed by atoms with E-state index in [-0.39, 0.29) is 40.7 Å². The molecule has 216 valence electrons. The van der Waals surface area contributed by atoms with Gasteiger partial charge in [0.05, 0.1) is 11.3 Å². The second kappa shape index (κ2) is 11.2. The van der Waals surface area contributed by atoms with Gasteiger partial charge in [0.25, 0.3) is 5.89 Å². The fraction of sp³-hybridized carbons (Fsp3) is 0.167. The van der Waals surface area contributed by atoms with E-state index in [1.807, 2.05) is 13.0 Å². The summed E-state index contributed by atoms with van der Waals surface area (Å²) < 4.78 is 61.2. The van der Waals surface area contributed by atoms with E-state index >= 15 is 0 Å². The minimum absolute atomic E-state index is 0.0218. The monoisotopic (exact) mass is 587 g/mol. The van der Waals surface area contributed by atoms with Crippen LogP contribution >= 0.6 is 0 Å². The van der Waals surface area contributed by atoms with Crippen molar-refractivity contribution in [2.75, 3.05) is 5.32 Å². The van der Waals surface area contributed by atoms with Gasteiger partial charge in [-0.25, -0.2) is 19.3 Å². The van der Waals surface area contributed by atoms with Crippen LogP contribution in [0.25, 0.3) is 22.7 Å². The Morgan fingerprint density at radius 1 is 0.930 bits per heavy atom. The van der Waals surface area contributed by atoms with E-state index in [9.17, 15) is 22.4 Å². The number of hydrogen-bond donors (Lipinski definition) is 1. The summed E-state index contributed by atoms with van der Waals surface area (Å²) in [5, 5.41) is 10.7. The zero-order chi connectivity index (χ0) is 30.1. The molecular formula is C30H21F4N7O2. The molecule has 3 aromatic heterocycles. The van der Waals surface area contributed by atoms with Crippen LogP contribution < -0.4 is 5.32 Å². The number of Topliss-reactive ketones (excluding diaryl/α,β-unsaturated/α-hetero) is 1. The summed E-state index contributed by atoms with van der Waals surface area (Å²) in [5.74, 6) is -0.695. The molecule has 0 amide bonds. The van der Waals surface area contributed by atoms with Crippen molar-refractivity contribution >= 4 is 17.5 Å². The van der Waals surface area contributed by atoms with Crippen LogP contribution in [-0.4, -0.2) is 42.8 Å². The third-order valence-corrected chi connectivity index (χ3v) is 6.77. The summed E-state index contributed by atoms with van der Waals surface area (Å²) in [6.45, 7) is 1.85. The molecule has 0 aliphatic carbocycles. The number of carbonyl (C=O) groups excluding carboxylic acids is 1. The van der Waals surface area contributed by atoms with E-state index < -0.39 is 29.5 Å². The number of aromatic nitrogens is 5. The molecule has 2 aromatic carbocycles. The Labute approximate surface area is 241 Å². The van der Waals surface area contributed by atoms with Gasteiger partial charge in [0.1, 0.15) is 17.3 Å². The second-order valence-electron chi connectivity index (χ2n) is 9.57. The molecule has 0 radical (unpaired) electrons. The molecule has 1 aliphatic heterocycles. The number of ketones is 1. The van der Waals surface area contributed by atoms with Crippen LogP contribution in [0, 0.1) is 5.82 Å². The molecule has 5 aromatic rings. The predicted molar refractivity (Wildman–Crippen MR) is 148 cm³/mol. The average molecular weight is 588 g/mol. The highest BCUT2D eigenvalue weighted by molar-refractivity contribution is 6.16. The van der Waals surface area contributed by atoms with Gasteiger partial charge in [-0.3, -0.25) is 9.79 Å². The molecule has 0 saturated carbocycles. The van der Waals surface area contributed by atoms with Crippen molar-refractivity contribution in [2.24, 2.45) is 4.99 Å².